The van der Waals surface area contributed by atoms with Crippen molar-refractivity contribution in [1.29, 1.82) is 0 Å². The van der Waals surface area contributed by atoms with E-state index < -0.39 is 0 Å². The fraction of sp³-hybridized carbons (Fsp3) is 0.200. The second-order valence-electron chi connectivity index (χ2n) is 4.09. The predicted molar refractivity (Wildman–Crippen MR) is 71.6 cm³/mol. The summed E-state index contributed by atoms with van der Waals surface area (Å²) in [5, 5.41) is 12.7. The van der Waals surface area contributed by atoms with Gasteiger partial charge >= 0.3 is 0 Å². The highest BCUT2D eigenvalue weighted by molar-refractivity contribution is 5.33. The van der Waals surface area contributed by atoms with Crippen LogP contribution in [0, 0.1) is 0 Å². The molecule has 0 aliphatic rings. The molecule has 2 N–H and O–H groups in total. The highest BCUT2D eigenvalue weighted by atomic mass is 16.5. The van der Waals surface area contributed by atoms with Crippen LogP contribution in [0.1, 0.15) is 11.1 Å². The number of methoxy groups -OCH3 is 1. The molecule has 0 fully saturated rings. The molecule has 18 heavy (non-hydrogen) atoms. The molecular formula is C15H17NO2. The molecule has 3 heteroatoms. The average Bonchev–Trinajstić information content (AvgIpc) is 2.39. The van der Waals surface area contributed by atoms with Crippen molar-refractivity contribution in [3.8, 4) is 11.5 Å². The fourth-order valence-corrected chi connectivity index (χ4v) is 1.86. The lowest BCUT2D eigenvalue weighted by Gasteiger charge is -2.09. The van der Waals surface area contributed by atoms with Gasteiger partial charge in [-0.2, -0.15) is 0 Å². The van der Waals surface area contributed by atoms with E-state index in [1.807, 2.05) is 36.4 Å². The number of phenolic OH excluding ortho intramolecular Hbond substituents is 1. The van der Waals surface area contributed by atoms with Crippen LogP contribution >= 0.6 is 0 Å². The monoisotopic (exact) mass is 243 g/mol. The van der Waals surface area contributed by atoms with E-state index in [2.05, 4.69) is 5.32 Å². The number of hydrogen-bond acceptors (Lipinski definition) is 3. The molecule has 0 radical (unpaired) electrons. The van der Waals surface area contributed by atoms with E-state index in [1.165, 1.54) is 0 Å². The van der Waals surface area contributed by atoms with Gasteiger partial charge < -0.3 is 15.2 Å². The van der Waals surface area contributed by atoms with Gasteiger partial charge in [-0.3, -0.25) is 0 Å². The number of ether oxygens (including phenoxy) is 1. The van der Waals surface area contributed by atoms with Crippen LogP contribution in [0.4, 0.5) is 0 Å². The molecule has 2 aromatic rings. The minimum absolute atomic E-state index is 0.298. The molecule has 0 saturated carbocycles. The minimum atomic E-state index is 0.298. The molecule has 0 aliphatic heterocycles. The molecule has 0 aliphatic carbocycles. The molecule has 0 saturated heterocycles. The van der Waals surface area contributed by atoms with Gasteiger partial charge in [0.15, 0.2) is 0 Å². The largest absolute Gasteiger partial charge is 0.508 e. The van der Waals surface area contributed by atoms with Gasteiger partial charge in [0.1, 0.15) is 11.5 Å². The minimum Gasteiger partial charge on any atom is -0.508 e. The summed E-state index contributed by atoms with van der Waals surface area (Å²) in [7, 11) is 1.67. The third-order valence-corrected chi connectivity index (χ3v) is 2.75. The van der Waals surface area contributed by atoms with Crippen LogP contribution in [0.2, 0.25) is 0 Å². The van der Waals surface area contributed by atoms with Gasteiger partial charge in [-0.05, 0) is 23.8 Å². The number of phenols is 1. The standard InChI is InChI=1S/C15H17NO2/c1-18-15-8-3-2-6-13(15)11-16-10-12-5-4-7-14(17)9-12/h2-9,16-17H,10-11H2,1H3. The van der Waals surface area contributed by atoms with E-state index in [0.29, 0.717) is 12.3 Å². The van der Waals surface area contributed by atoms with Gasteiger partial charge in [-0.25, -0.2) is 0 Å². The number of nitrogens with one attached hydrogen (secondary N) is 1. The Hall–Kier alpha value is -2.00. The molecular weight excluding hydrogens is 226 g/mol. The SMILES string of the molecule is COc1ccccc1CNCc1cccc(O)c1. The number of aromatic hydroxyl groups is 1. The molecule has 94 valence electrons. The zero-order chi connectivity index (χ0) is 12.8. The highest BCUT2D eigenvalue weighted by Gasteiger charge is 2.01. The zero-order valence-electron chi connectivity index (χ0n) is 10.4. The maximum atomic E-state index is 9.36. The Morgan fingerprint density at radius 3 is 2.67 bits per heavy atom. The number of para-hydroxylation sites is 1. The Morgan fingerprint density at radius 2 is 1.89 bits per heavy atom. The first-order chi connectivity index (χ1) is 8.79. The molecule has 0 heterocycles. The van der Waals surface area contributed by atoms with E-state index in [1.54, 1.807) is 19.2 Å². The van der Waals surface area contributed by atoms with Crippen molar-refractivity contribution in [2.45, 2.75) is 13.1 Å². The van der Waals surface area contributed by atoms with Crippen LogP contribution in [0.15, 0.2) is 48.5 Å². The summed E-state index contributed by atoms with van der Waals surface area (Å²) in [6, 6.07) is 15.2. The van der Waals surface area contributed by atoms with Gasteiger partial charge in [0.05, 0.1) is 7.11 Å². The summed E-state index contributed by atoms with van der Waals surface area (Å²) in [5.41, 5.74) is 2.19. The molecule has 0 bridgehead atoms. The number of hydrogen-bond donors (Lipinski definition) is 2. The highest BCUT2D eigenvalue weighted by Crippen LogP contribution is 2.17. The second-order valence-corrected chi connectivity index (χ2v) is 4.09. The van der Waals surface area contributed by atoms with Crippen molar-refractivity contribution < 1.29 is 9.84 Å². The van der Waals surface area contributed by atoms with Crippen molar-refractivity contribution in [3.63, 3.8) is 0 Å². The average molecular weight is 243 g/mol. The third kappa shape index (κ3) is 3.25. The Balaban J connectivity index is 1.92. The lowest BCUT2D eigenvalue weighted by atomic mass is 10.2. The summed E-state index contributed by atoms with van der Waals surface area (Å²) in [6.07, 6.45) is 0. The first-order valence-corrected chi connectivity index (χ1v) is 5.90. The van der Waals surface area contributed by atoms with Crippen LogP contribution in [0.3, 0.4) is 0 Å². The first kappa shape index (κ1) is 12.5. The van der Waals surface area contributed by atoms with E-state index in [9.17, 15) is 5.11 Å². The Morgan fingerprint density at radius 1 is 1.06 bits per heavy atom. The van der Waals surface area contributed by atoms with Gasteiger partial charge in [0.2, 0.25) is 0 Å². The van der Waals surface area contributed by atoms with E-state index in [0.717, 1.165) is 23.4 Å². The van der Waals surface area contributed by atoms with E-state index in [4.69, 9.17) is 4.74 Å². The summed E-state index contributed by atoms with van der Waals surface area (Å²) < 4.78 is 5.29. The van der Waals surface area contributed by atoms with E-state index >= 15 is 0 Å². The van der Waals surface area contributed by atoms with Gasteiger partial charge in [-0.15, -0.1) is 0 Å². The summed E-state index contributed by atoms with van der Waals surface area (Å²) in [6.45, 7) is 1.45. The summed E-state index contributed by atoms with van der Waals surface area (Å²) >= 11 is 0. The smallest absolute Gasteiger partial charge is 0.123 e. The molecule has 0 unspecified atom stereocenters. The number of rotatable bonds is 5. The van der Waals surface area contributed by atoms with Crippen LogP contribution in [0.5, 0.6) is 11.5 Å². The van der Waals surface area contributed by atoms with Crippen LogP contribution in [0.25, 0.3) is 0 Å². The summed E-state index contributed by atoms with van der Waals surface area (Å²) in [5.74, 6) is 1.19. The Kier molecular flexibility index (Phi) is 4.20. The molecule has 2 rings (SSSR count). The Labute approximate surface area is 107 Å². The molecule has 0 amide bonds. The fourth-order valence-electron chi connectivity index (χ4n) is 1.86. The van der Waals surface area contributed by atoms with Crippen molar-refractivity contribution >= 4 is 0 Å². The van der Waals surface area contributed by atoms with Gasteiger partial charge in [0, 0.05) is 18.7 Å². The summed E-state index contributed by atoms with van der Waals surface area (Å²) in [4.78, 5) is 0. The van der Waals surface area contributed by atoms with Crippen molar-refractivity contribution in [1.82, 2.24) is 5.32 Å². The van der Waals surface area contributed by atoms with Gasteiger partial charge in [-0.1, -0.05) is 30.3 Å². The topological polar surface area (TPSA) is 41.5 Å². The second kappa shape index (κ2) is 6.07. The van der Waals surface area contributed by atoms with Crippen molar-refractivity contribution in [2.24, 2.45) is 0 Å². The molecule has 0 aromatic heterocycles. The van der Waals surface area contributed by atoms with Crippen LogP contribution in [-0.4, -0.2) is 12.2 Å². The predicted octanol–water partition coefficient (Wildman–Crippen LogP) is 2.69. The molecule has 0 atom stereocenters. The molecule has 3 nitrogen and oxygen atoms in total. The maximum absolute atomic E-state index is 9.36. The normalized spacial score (nSPS) is 10.3. The van der Waals surface area contributed by atoms with Crippen LogP contribution < -0.4 is 10.1 Å². The third-order valence-electron chi connectivity index (χ3n) is 2.75. The van der Waals surface area contributed by atoms with Crippen molar-refractivity contribution in [2.75, 3.05) is 7.11 Å². The van der Waals surface area contributed by atoms with E-state index in [-0.39, 0.29) is 0 Å². The number of benzene rings is 2. The lowest BCUT2D eigenvalue weighted by Crippen LogP contribution is -2.13. The van der Waals surface area contributed by atoms with Gasteiger partial charge in [0.25, 0.3) is 0 Å². The Bertz CT molecular complexity index is 511. The molecule has 0 spiro atoms. The lowest BCUT2D eigenvalue weighted by molar-refractivity contribution is 0.407. The van der Waals surface area contributed by atoms with Crippen molar-refractivity contribution in [3.05, 3.63) is 59.7 Å². The zero-order valence-corrected chi connectivity index (χ0v) is 10.4. The molecule has 2 aromatic carbocycles. The maximum Gasteiger partial charge on any atom is 0.123 e. The van der Waals surface area contributed by atoms with Crippen LogP contribution in [-0.2, 0) is 13.1 Å². The quantitative estimate of drug-likeness (QED) is 0.848. The first-order valence-electron chi connectivity index (χ1n) is 5.90.